The SMILES string of the molecule is CC(NC(=O)OC(C)(C)C)C(=O)NC(C(=O)O)C(C)C. The summed E-state index contributed by atoms with van der Waals surface area (Å²) in [6.07, 6.45) is -0.725. The maximum Gasteiger partial charge on any atom is 0.408 e. The van der Waals surface area contributed by atoms with Crippen LogP contribution in [0.4, 0.5) is 4.79 Å². The van der Waals surface area contributed by atoms with E-state index in [-0.39, 0.29) is 5.92 Å². The minimum absolute atomic E-state index is 0.259. The molecule has 7 heteroatoms. The van der Waals surface area contributed by atoms with Gasteiger partial charge in [-0.05, 0) is 33.6 Å². The van der Waals surface area contributed by atoms with Crippen LogP contribution in [-0.4, -0.2) is 40.8 Å². The molecule has 0 aromatic heterocycles. The molecule has 2 atom stereocenters. The van der Waals surface area contributed by atoms with Crippen molar-refractivity contribution in [2.75, 3.05) is 0 Å². The number of hydrogen-bond donors (Lipinski definition) is 3. The molecule has 0 saturated carbocycles. The smallest absolute Gasteiger partial charge is 0.408 e. The standard InChI is InChI=1S/C13H24N2O5/c1-7(2)9(11(17)18)15-10(16)8(3)14-12(19)20-13(4,5)6/h7-9H,1-6H3,(H,14,19)(H,15,16)(H,17,18). The van der Waals surface area contributed by atoms with E-state index >= 15 is 0 Å². The number of amides is 2. The van der Waals surface area contributed by atoms with Crippen LogP contribution < -0.4 is 10.6 Å². The second-order valence-corrected chi connectivity index (χ2v) is 5.94. The average Bonchev–Trinajstić information content (AvgIpc) is 2.21. The molecule has 0 rings (SSSR count). The maximum absolute atomic E-state index is 11.8. The van der Waals surface area contributed by atoms with Crippen molar-refractivity contribution in [2.45, 2.75) is 59.2 Å². The van der Waals surface area contributed by atoms with Crippen molar-refractivity contribution in [1.82, 2.24) is 10.6 Å². The van der Waals surface area contributed by atoms with E-state index in [4.69, 9.17) is 9.84 Å². The summed E-state index contributed by atoms with van der Waals surface area (Å²) in [6.45, 7) is 9.94. The molecule has 0 aliphatic carbocycles. The monoisotopic (exact) mass is 288 g/mol. The van der Waals surface area contributed by atoms with E-state index in [1.807, 2.05) is 0 Å². The van der Waals surface area contributed by atoms with Gasteiger partial charge in [0.05, 0.1) is 0 Å². The Morgan fingerprint density at radius 2 is 1.55 bits per heavy atom. The minimum atomic E-state index is -1.11. The van der Waals surface area contributed by atoms with Gasteiger partial charge in [-0.1, -0.05) is 13.8 Å². The van der Waals surface area contributed by atoms with Crippen molar-refractivity contribution >= 4 is 18.0 Å². The Labute approximate surface area is 119 Å². The first kappa shape index (κ1) is 18.2. The highest BCUT2D eigenvalue weighted by molar-refractivity contribution is 5.89. The molecule has 2 unspecified atom stereocenters. The molecular weight excluding hydrogens is 264 g/mol. The molecule has 0 fully saturated rings. The second-order valence-electron chi connectivity index (χ2n) is 5.94. The van der Waals surface area contributed by atoms with Gasteiger partial charge >= 0.3 is 12.1 Å². The first-order chi connectivity index (χ1) is 8.94. The van der Waals surface area contributed by atoms with E-state index in [0.29, 0.717) is 0 Å². The quantitative estimate of drug-likeness (QED) is 0.703. The van der Waals surface area contributed by atoms with Crippen LogP contribution in [0.3, 0.4) is 0 Å². The van der Waals surface area contributed by atoms with Crippen LogP contribution in [0.2, 0.25) is 0 Å². The van der Waals surface area contributed by atoms with E-state index in [0.717, 1.165) is 0 Å². The predicted octanol–water partition coefficient (Wildman–Crippen LogP) is 1.12. The predicted molar refractivity (Wildman–Crippen MR) is 73.2 cm³/mol. The lowest BCUT2D eigenvalue weighted by Gasteiger charge is -2.23. The zero-order valence-corrected chi connectivity index (χ0v) is 12.8. The van der Waals surface area contributed by atoms with E-state index in [2.05, 4.69) is 10.6 Å². The number of aliphatic carboxylic acids is 1. The third-order valence-electron chi connectivity index (χ3n) is 2.36. The van der Waals surface area contributed by atoms with Gasteiger partial charge < -0.3 is 20.5 Å². The average molecular weight is 288 g/mol. The molecule has 0 saturated heterocycles. The van der Waals surface area contributed by atoms with Gasteiger partial charge in [0, 0.05) is 0 Å². The topological polar surface area (TPSA) is 105 Å². The molecule has 0 aromatic carbocycles. The Morgan fingerprint density at radius 1 is 1.05 bits per heavy atom. The summed E-state index contributed by atoms with van der Waals surface area (Å²) in [5.74, 6) is -1.94. The molecule has 0 aromatic rings. The summed E-state index contributed by atoms with van der Waals surface area (Å²) in [5.41, 5.74) is -0.665. The first-order valence-corrected chi connectivity index (χ1v) is 6.46. The van der Waals surface area contributed by atoms with Gasteiger partial charge in [0.25, 0.3) is 0 Å². The maximum atomic E-state index is 11.8. The first-order valence-electron chi connectivity index (χ1n) is 6.46. The number of ether oxygens (including phenoxy) is 1. The number of carboxylic acid groups (broad SMARTS) is 1. The van der Waals surface area contributed by atoms with Crippen molar-refractivity contribution in [3.63, 3.8) is 0 Å². The van der Waals surface area contributed by atoms with E-state index in [9.17, 15) is 14.4 Å². The van der Waals surface area contributed by atoms with Gasteiger partial charge in [0.1, 0.15) is 17.7 Å². The third-order valence-corrected chi connectivity index (χ3v) is 2.36. The van der Waals surface area contributed by atoms with Crippen LogP contribution in [0, 0.1) is 5.92 Å². The summed E-state index contributed by atoms with van der Waals surface area (Å²) < 4.78 is 5.01. The third kappa shape index (κ3) is 6.96. The number of carbonyl (C=O) groups excluding carboxylic acids is 2. The number of carboxylic acids is 1. The zero-order chi connectivity index (χ0) is 16.1. The number of hydrogen-bond acceptors (Lipinski definition) is 4. The van der Waals surface area contributed by atoms with Crippen LogP contribution in [0.25, 0.3) is 0 Å². The molecule has 20 heavy (non-hydrogen) atoms. The molecule has 7 nitrogen and oxygen atoms in total. The summed E-state index contributed by atoms with van der Waals surface area (Å²) in [5, 5.41) is 13.7. The van der Waals surface area contributed by atoms with Crippen molar-refractivity contribution in [1.29, 1.82) is 0 Å². The fourth-order valence-electron chi connectivity index (χ4n) is 1.34. The van der Waals surface area contributed by atoms with Gasteiger partial charge in [-0.15, -0.1) is 0 Å². The Bertz CT molecular complexity index is 373. The normalized spacial score (nSPS) is 14.3. The summed E-state index contributed by atoms with van der Waals surface area (Å²) >= 11 is 0. The lowest BCUT2D eigenvalue weighted by molar-refractivity contribution is -0.143. The largest absolute Gasteiger partial charge is 0.480 e. The fraction of sp³-hybridized carbons (Fsp3) is 0.769. The Hall–Kier alpha value is -1.79. The van der Waals surface area contributed by atoms with Crippen LogP contribution >= 0.6 is 0 Å². The van der Waals surface area contributed by atoms with Crippen LogP contribution in [0.15, 0.2) is 0 Å². The van der Waals surface area contributed by atoms with Crippen molar-refractivity contribution in [3.05, 3.63) is 0 Å². The number of alkyl carbamates (subject to hydrolysis) is 1. The minimum Gasteiger partial charge on any atom is -0.480 e. The Kier molecular flexibility index (Phi) is 6.48. The summed E-state index contributed by atoms with van der Waals surface area (Å²) in [4.78, 5) is 34.3. The van der Waals surface area contributed by atoms with Crippen molar-refractivity contribution in [2.24, 2.45) is 5.92 Å². The van der Waals surface area contributed by atoms with Gasteiger partial charge in [-0.25, -0.2) is 9.59 Å². The lowest BCUT2D eigenvalue weighted by atomic mass is 10.0. The van der Waals surface area contributed by atoms with Gasteiger partial charge in [-0.3, -0.25) is 4.79 Å². The molecule has 116 valence electrons. The Morgan fingerprint density at radius 3 is 1.90 bits per heavy atom. The molecule has 0 aliphatic rings. The highest BCUT2D eigenvalue weighted by Crippen LogP contribution is 2.07. The second kappa shape index (κ2) is 7.12. The molecule has 0 radical (unpaired) electrons. The van der Waals surface area contributed by atoms with E-state index < -0.39 is 35.7 Å². The van der Waals surface area contributed by atoms with Gasteiger partial charge in [0.2, 0.25) is 5.91 Å². The van der Waals surface area contributed by atoms with Crippen molar-refractivity contribution in [3.8, 4) is 0 Å². The molecule has 2 amide bonds. The molecule has 0 spiro atoms. The number of nitrogens with one attached hydrogen (secondary N) is 2. The van der Waals surface area contributed by atoms with Gasteiger partial charge in [-0.2, -0.15) is 0 Å². The van der Waals surface area contributed by atoms with E-state index in [1.54, 1.807) is 34.6 Å². The zero-order valence-electron chi connectivity index (χ0n) is 12.8. The Balaban J connectivity index is 4.48. The van der Waals surface area contributed by atoms with Crippen LogP contribution in [0.5, 0.6) is 0 Å². The summed E-state index contributed by atoms with van der Waals surface area (Å²) in [7, 11) is 0. The molecule has 0 aliphatic heterocycles. The number of rotatable bonds is 5. The molecule has 0 bridgehead atoms. The molecule has 0 heterocycles. The lowest BCUT2D eigenvalue weighted by Crippen LogP contribution is -2.52. The molecular formula is C13H24N2O5. The fourth-order valence-corrected chi connectivity index (χ4v) is 1.34. The number of carbonyl (C=O) groups is 3. The van der Waals surface area contributed by atoms with Crippen LogP contribution in [-0.2, 0) is 14.3 Å². The highest BCUT2D eigenvalue weighted by Gasteiger charge is 2.27. The summed E-state index contributed by atoms with van der Waals surface area (Å²) in [6, 6.07) is -1.88. The van der Waals surface area contributed by atoms with E-state index in [1.165, 1.54) is 6.92 Å². The van der Waals surface area contributed by atoms with Crippen molar-refractivity contribution < 1.29 is 24.2 Å². The van der Waals surface area contributed by atoms with Crippen LogP contribution in [0.1, 0.15) is 41.5 Å². The highest BCUT2D eigenvalue weighted by atomic mass is 16.6. The molecule has 3 N–H and O–H groups in total. The van der Waals surface area contributed by atoms with Gasteiger partial charge in [0.15, 0.2) is 0 Å².